The molecule has 1 heterocycles. The summed E-state index contributed by atoms with van der Waals surface area (Å²) in [4.78, 5) is 24.9. The van der Waals surface area contributed by atoms with E-state index in [4.69, 9.17) is 5.73 Å². The maximum Gasteiger partial charge on any atom is 0.246 e. The predicted molar refractivity (Wildman–Crippen MR) is 65.0 cm³/mol. The van der Waals surface area contributed by atoms with Crippen LogP contribution in [0.5, 0.6) is 0 Å². The first-order valence-corrected chi connectivity index (χ1v) is 6.34. The number of hydrogen-bond donors (Lipinski definition) is 1. The molecule has 94 valence electrons. The van der Waals surface area contributed by atoms with Gasteiger partial charge in [0.1, 0.15) is 0 Å². The molecule has 0 aromatic heterocycles. The highest BCUT2D eigenvalue weighted by Crippen LogP contribution is 2.36. The summed E-state index contributed by atoms with van der Waals surface area (Å²) in [5.74, 6) is 0.212. The average molecular weight is 236 g/mol. The number of nitrogens with zero attached hydrogens (tertiary/aromatic N) is 1. The Morgan fingerprint density at radius 3 is 2.53 bits per heavy atom. The molecule has 1 saturated carbocycles. The molecule has 2 aliphatic rings. The van der Waals surface area contributed by atoms with Gasteiger partial charge >= 0.3 is 0 Å². The number of likely N-dealkylation sites (tertiary alicyclic amines) is 1. The Morgan fingerprint density at radius 2 is 1.94 bits per heavy atom. The van der Waals surface area contributed by atoms with E-state index in [-0.39, 0.29) is 17.7 Å². The maximum atomic E-state index is 12.0. The molecule has 2 N–H and O–H groups in total. The van der Waals surface area contributed by atoms with E-state index in [0.29, 0.717) is 12.5 Å². The van der Waals surface area contributed by atoms with Crippen molar-refractivity contribution in [3.63, 3.8) is 0 Å². The average Bonchev–Trinajstić information content (AvgIpc) is 3.12. The lowest BCUT2D eigenvalue weighted by Crippen LogP contribution is -2.43. The molecule has 0 unspecified atom stereocenters. The van der Waals surface area contributed by atoms with E-state index in [0.717, 1.165) is 19.4 Å². The van der Waals surface area contributed by atoms with Crippen molar-refractivity contribution in [1.29, 1.82) is 0 Å². The molecule has 2 fully saturated rings. The van der Waals surface area contributed by atoms with E-state index in [1.54, 1.807) is 11.0 Å². The van der Waals surface area contributed by atoms with Gasteiger partial charge in [0.2, 0.25) is 11.8 Å². The number of piperidine rings is 1. The molecule has 1 saturated heterocycles. The minimum atomic E-state index is -0.287. The fourth-order valence-electron chi connectivity index (χ4n) is 2.35. The SMILES string of the molecule is C/C(=C\C(=O)N1CCC[C@H](C(N)=O)C1)C1CC1. The van der Waals surface area contributed by atoms with Crippen LogP contribution in [-0.4, -0.2) is 29.8 Å². The Hall–Kier alpha value is -1.32. The molecular formula is C13H20N2O2. The minimum absolute atomic E-state index is 0.0420. The number of carbonyl (C=O) groups excluding carboxylic acids is 2. The van der Waals surface area contributed by atoms with E-state index in [1.807, 2.05) is 6.92 Å². The lowest BCUT2D eigenvalue weighted by Gasteiger charge is -2.30. The molecule has 1 aliphatic heterocycles. The first kappa shape index (κ1) is 12.1. The largest absolute Gasteiger partial charge is 0.369 e. The van der Waals surface area contributed by atoms with Gasteiger partial charge in [-0.3, -0.25) is 9.59 Å². The van der Waals surface area contributed by atoms with Gasteiger partial charge in [0, 0.05) is 19.2 Å². The number of amides is 2. The van der Waals surface area contributed by atoms with Crippen LogP contribution in [0.2, 0.25) is 0 Å². The molecule has 0 aromatic rings. The van der Waals surface area contributed by atoms with Crippen molar-refractivity contribution in [2.75, 3.05) is 13.1 Å². The fourth-order valence-corrected chi connectivity index (χ4v) is 2.35. The summed E-state index contributed by atoms with van der Waals surface area (Å²) in [6.45, 7) is 3.25. The number of hydrogen-bond acceptors (Lipinski definition) is 2. The Bertz CT molecular complexity index is 358. The molecule has 4 heteroatoms. The van der Waals surface area contributed by atoms with Gasteiger partial charge in [-0.05, 0) is 38.5 Å². The van der Waals surface area contributed by atoms with Gasteiger partial charge in [0.15, 0.2) is 0 Å². The number of nitrogens with two attached hydrogens (primary N) is 1. The molecule has 1 aliphatic carbocycles. The molecule has 0 aromatic carbocycles. The maximum absolute atomic E-state index is 12.0. The van der Waals surface area contributed by atoms with Gasteiger partial charge in [-0.15, -0.1) is 0 Å². The van der Waals surface area contributed by atoms with E-state index < -0.39 is 0 Å². The summed E-state index contributed by atoms with van der Waals surface area (Å²) in [6.07, 6.45) is 5.83. The van der Waals surface area contributed by atoms with Crippen LogP contribution in [0, 0.1) is 11.8 Å². The Morgan fingerprint density at radius 1 is 1.24 bits per heavy atom. The lowest BCUT2D eigenvalue weighted by atomic mass is 9.97. The summed E-state index contributed by atoms with van der Waals surface area (Å²) < 4.78 is 0. The zero-order valence-corrected chi connectivity index (χ0v) is 10.3. The van der Waals surface area contributed by atoms with Gasteiger partial charge in [-0.2, -0.15) is 0 Å². The number of primary amides is 1. The van der Waals surface area contributed by atoms with Gasteiger partial charge < -0.3 is 10.6 Å². The molecule has 2 amide bonds. The molecule has 0 bridgehead atoms. The van der Waals surface area contributed by atoms with Crippen molar-refractivity contribution < 1.29 is 9.59 Å². The highest BCUT2D eigenvalue weighted by atomic mass is 16.2. The predicted octanol–water partition coefficient (Wildman–Crippen LogP) is 1.07. The van der Waals surface area contributed by atoms with Crippen molar-refractivity contribution >= 4 is 11.8 Å². The first-order chi connectivity index (χ1) is 8.08. The summed E-state index contributed by atoms with van der Waals surface area (Å²) in [6, 6.07) is 0. The van der Waals surface area contributed by atoms with E-state index in [1.165, 1.54) is 18.4 Å². The second-order valence-electron chi connectivity index (χ2n) is 5.19. The van der Waals surface area contributed by atoms with Crippen molar-refractivity contribution in [2.45, 2.75) is 32.6 Å². The fraction of sp³-hybridized carbons (Fsp3) is 0.692. The minimum Gasteiger partial charge on any atom is -0.369 e. The summed E-state index contributed by atoms with van der Waals surface area (Å²) in [5, 5.41) is 0. The van der Waals surface area contributed by atoms with Crippen LogP contribution in [0.4, 0.5) is 0 Å². The third-order valence-corrected chi connectivity index (χ3v) is 3.71. The van der Waals surface area contributed by atoms with Crippen LogP contribution in [0.1, 0.15) is 32.6 Å². The van der Waals surface area contributed by atoms with Crippen molar-refractivity contribution in [3.8, 4) is 0 Å². The molecule has 17 heavy (non-hydrogen) atoms. The Labute approximate surface area is 102 Å². The van der Waals surface area contributed by atoms with Gasteiger partial charge in [-0.25, -0.2) is 0 Å². The summed E-state index contributed by atoms with van der Waals surface area (Å²) in [7, 11) is 0. The third-order valence-electron chi connectivity index (χ3n) is 3.71. The van der Waals surface area contributed by atoms with Crippen LogP contribution in [-0.2, 0) is 9.59 Å². The topological polar surface area (TPSA) is 63.4 Å². The Balaban J connectivity index is 1.94. The highest BCUT2D eigenvalue weighted by molar-refractivity contribution is 5.89. The van der Waals surface area contributed by atoms with Crippen LogP contribution >= 0.6 is 0 Å². The molecule has 1 atom stereocenters. The van der Waals surface area contributed by atoms with Crippen LogP contribution in [0.25, 0.3) is 0 Å². The second kappa shape index (κ2) is 4.90. The highest BCUT2D eigenvalue weighted by Gasteiger charge is 2.28. The molecule has 0 radical (unpaired) electrons. The standard InChI is InChI=1S/C13H20N2O2/c1-9(10-4-5-10)7-12(16)15-6-2-3-11(8-15)13(14)17/h7,10-11H,2-6,8H2,1H3,(H2,14,17)/b9-7+/t11-/m0/s1. The lowest BCUT2D eigenvalue weighted by molar-refractivity contribution is -0.130. The van der Waals surface area contributed by atoms with Crippen LogP contribution < -0.4 is 5.73 Å². The van der Waals surface area contributed by atoms with Crippen molar-refractivity contribution in [2.24, 2.45) is 17.6 Å². The smallest absolute Gasteiger partial charge is 0.246 e. The van der Waals surface area contributed by atoms with Gasteiger partial charge in [0.25, 0.3) is 0 Å². The zero-order chi connectivity index (χ0) is 12.4. The number of rotatable bonds is 3. The number of carbonyl (C=O) groups is 2. The van der Waals surface area contributed by atoms with Gasteiger partial charge in [-0.1, -0.05) is 5.57 Å². The van der Waals surface area contributed by atoms with Crippen LogP contribution in [0.3, 0.4) is 0 Å². The van der Waals surface area contributed by atoms with Gasteiger partial charge in [0.05, 0.1) is 5.92 Å². The monoisotopic (exact) mass is 236 g/mol. The van der Waals surface area contributed by atoms with E-state index in [9.17, 15) is 9.59 Å². The molecular weight excluding hydrogens is 216 g/mol. The third kappa shape index (κ3) is 3.08. The molecule has 0 spiro atoms. The number of allylic oxidation sites excluding steroid dienone is 1. The van der Waals surface area contributed by atoms with Crippen molar-refractivity contribution in [3.05, 3.63) is 11.6 Å². The quantitative estimate of drug-likeness (QED) is 0.745. The molecule has 2 rings (SSSR count). The summed E-state index contributed by atoms with van der Waals surface area (Å²) >= 11 is 0. The van der Waals surface area contributed by atoms with E-state index in [2.05, 4.69) is 0 Å². The van der Waals surface area contributed by atoms with Crippen LogP contribution in [0.15, 0.2) is 11.6 Å². The zero-order valence-electron chi connectivity index (χ0n) is 10.3. The Kier molecular flexibility index (Phi) is 3.50. The van der Waals surface area contributed by atoms with E-state index >= 15 is 0 Å². The normalized spacial score (nSPS) is 25.8. The van der Waals surface area contributed by atoms with Crippen molar-refractivity contribution in [1.82, 2.24) is 4.90 Å². The molecule has 4 nitrogen and oxygen atoms in total. The summed E-state index contributed by atoms with van der Waals surface area (Å²) in [5.41, 5.74) is 6.47. The first-order valence-electron chi connectivity index (χ1n) is 6.34. The second-order valence-corrected chi connectivity index (χ2v) is 5.19.